The molecule has 0 aliphatic carbocycles. The third-order valence-electron chi connectivity index (χ3n) is 1.70. The number of nitrogens with zero attached hydrogens (tertiary/aromatic N) is 2. The summed E-state index contributed by atoms with van der Waals surface area (Å²) in [5.41, 5.74) is 3.23. The molecule has 0 aliphatic heterocycles. The van der Waals surface area contributed by atoms with E-state index in [1.807, 2.05) is 13.1 Å². The fraction of sp³-hybridized carbons (Fsp3) is 0.250. The van der Waals surface area contributed by atoms with Crippen LogP contribution < -0.4 is 5.32 Å². The molecule has 0 saturated carbocycles. The van der Waals surface area contributed by atoms with Gasteiger partial charge in [0.1, 0.15) is 11.0 Å². The van der Waals surface area contributed by atoms with E-state index >= 15 is 0 Å². The lowest BCUT2D eigenvalue weighted by Gasteiger charge is -1.97. The highest BCUT2D eigenvalue weighted by atomic mass is 35.5. The molecule has 1 N–H and O–H groups in total. The highest BCUT2D eigenvalue weighted by Crippen LogP contribution is 2.12. The lowest BCUT2D eigenvalue weighted by Crippen LogP contribution is -2.04. The SMILES string of the molecule is CNCc1ccc2nsnc2c1.Cl. The van der Waals surface area contributed by atoms with Crippen LogP contribution in [0.15, 0.2) is 18.2 Å². The Hall–Kier alpha value is -0.710. The van der Waals surface area contributed by atoms with Crippen molar-refractivity contribution in [1.29, 1.82) is 0 Å². The van der Waals surface area contributed by atoms with Gasteiger partial charge < -0.3 is 5.32 Å². The third kappa shape index (κ3) is 2.15. The van der Waals surface area contributed by atoms with Crippen LogP contribution in [-0.4, -0.2) is 15.8 Å². The molecule has 0 saturated heterocycles. The zero-order valence-electron chi connectivity index (χ0n) is 7.15. The average molecular weight is 216 g/mol. The van der Waals surface area contributed by atoms with Crippen LogP contribution in [0.25, 0.3) is 11.0 Å². The Balaban J connectivity index is 0.000000845. The van der Waals surface area contributed by atoms with Gasteiger partial charge in [0.2, 0.25) is 0 Å². The van der Waals surface area contributed by atoms with E-state index in [-0.39, 0.29) is 12.4 Å². The number of hydrogen-bond acceptors (Lipinski definition) is 4. The maximum atomic E-state index is 4.16. The molecule has 13 heavy (non-hydrogen) atoms. The summed E-state index contributed by atoms with van der Waals surface area (Å²) in [4.78, 5) is 0. The average Bonchev–Trinajstić information content (AvgIpc) is 2.51. The standard InChI is InChI=1S/C8H9N3S.ClH/c1-9-5-6-2-3-7-8(4-6)11-12-10-7;/h2-4,9H,5H2,1H3;1H. The van der Waals surface area contributed by atoms with Crippen molar-refractivity contribution >= 4 is 35.2 Å². The molecule has 0 amide bonds. The van der Waals surface area contributed by atoms with Crippen molar-refractivity contribution in [3.8, 4) is 0 Å². The summed E-state index contributed by atoms with van der Waals surface area (Å²) in [6.45, 7) is 0.882. The van der Waals surface area contributed by atoms with Gasteiger partial charge in [-0.2, -0.15) is 8.75 Å². The van der Waals surface area contributed by atoms with Gasteiger partial charge in [-0.05, 0) is 24.7 Å². The molecule has 0 aliphatic rings. The first-order valence-electron chi connectivity index (χ1n) is 3.76. The minimum atomic E-state index is 0. The van der Waals surface area contributed by atoms with E-state index in [0.717, 1.165) is 17.6 Å². The molecule has 70 valence electrons. The van der Waals surface area contributed by atoms with Gasteiger partial charge in [-0.15, -0.1) is 12.4 Å². The van der Waals surface area contributed by atoms with Crippen molar-refractivity contribution < 1.29 is 0 Å². The quantitative estimate of drug-likeness (QED) is 0.831. The monoisotopic (exact) mass is 215 g/mol. The fourth-order valence-corrected chi connectivity index (χ4v) is 1.66. The number of hydrogen-bond donors (Lipinski definition) is 1. The molecule has 5 heteroatoms. The Morgan fingerprint density at radius 3 is 2.85 bits per heavy atom. The van der Waals surface area contributed by atoms with Crippen molar-refractivity contribution in [3.05, 3.63) is 23.8 Å². The van der Waals surface area contributed by atoms with Crippen molar-refractivity contribution in [2.75, 3.05) is 7.05 Å². The molecule has 0 radical (unpaired) electrons. The lowest BCUT2D eigenvalue weighted by molar-refractivity contribution is 0.819. The normalized spacial score (nSPS) is 9.92. The predicted octanol–water partition coefficient (Wildman–Crippen LogP) is 1.83. The van der Waals surface area contributed by atoms with Crippen molar-refractivity contribution in [2.45, 2.75) is 6.54 Å². The molecule has 0 spiro atoms. The summed E-state index contributed by atoms with van der Waals surface area (Å²) in [5, 5.41) is 3.10. The lowest BCUT2D eigenvalue weighted by atomic mass is 10.2. The van der Waals surface area contributed by atoms with Crippen LogP contribution in [0.3, 0.4) is 0 Å². The number of halogens is 1. The highest BCUT2D eigenvalue weighted by molar-refractivity contribution is 7.00. The Bertz CT molecular complexity index is 388. The van der Waals surface area contributed by atoms with E-state index < -0.39 is 0 Å². The second-order valence-electron chi connectivity index (χ2n) is 2.62. The summed E-state index contributed by atoms with van der Waals surface area (Å²) in [6.07, 6.45) is 0. The molecule has 1 aromatic carbocycles. The van der Waals surface area contributed by atoms with E-state index in [4.69, 9.17) is 0 Å². The van der Waals surface area contributed by atoms with Gasteiger partial charge >= 0.3 is 0 Å². The molecular weight excluding hydrogens is 206 g/mol. The van der Waals surface area contributed by atoms with Crippen molar-refractivity contribution in [2.24, 2.45) is 0 Å². The van der Waals surface area contributed by atoms with Crippen LogP contribution in [0.4, 0.5) is 0 Å². The van der Waals surface area contributed by atoms with E-state index in [1.54, 1.807) is 0 Å². The fourth-order valence-electron chi connectivity index (χ4n) is 1.14. The van der Waals surface area contributed by atoms with Crippen LogP contribution in [0.2, 0.25) is 0 Å². The molecule has 0 unspecified atom stereocenters. The zero-order chi connectivity index (χ0) is 8.39. The minimum absolute atomic E-state index is 0. The van der Waals surface area contributed by atoms with Crippen LogP contribution in [-0.2, 0) is 6.54 Å². The van der Waals surface area contributed by atoms with Crippen LogP contribution >= 0.6 is 24.1 Å². The number of benzene rings is 1. The first-order chi connectivity index (χ1) is 5.90. The molecule has 2 aromatic rings. The summed E-state index contributed by atoms with van der Waals surface area (Å²) in [6, 6.07) is 6.14. The van der Waals surface area contributed by atoms with E-state index in [1.165, 1.54) is 17.3 Å². The highest BCUT2D eigenvalue weighted by Gasteiger charge is 1.98. The molecular formula is C8H10ClN3S. The van der Waals surface area contributed by atoms with Gasteiger partial charge in [0.25, 0.3) is 0 Å². The topological polar surface area (TPSA) is 37.8 Å². The Morgan fingerprint density at radius 2 is 2.08 bits per heavy atom. The molecule has 0 bridgehead atoms. The summed E-state index contributed by atoms with van der Waals surface area (Å²) in [5.74, 6) is 0. The van der Waals surface area contributed by atoms with Crippen LogP contribution in [0, 0.1) is 0 Å². The van der Waals surface area contributed by atoms with Crippen molar-refractivity contribution in [3.63, 3.8) is 0 Å². The van der Waals surface area contributed by atoms with Gasteiger partial charge in [-0.25, -0.2) is 0 Å². The first-order valence-corrected chi connectivity index (χ1v) is 4.49. The first kappa shape index (κ1) is 10.4. The Morgan fingerprint density at radius 1 is 1.31 bits per heavy atom. The van der Waals surface area contributed by atoms with E-state index in [9.17, 15) is 0 Å². The van der Waals surface area contributed by atoms with E-state index in [2.05, 4.69) is 26.2 Å². The summed E-state index contributed by atoms with van der Waals surface area (Å²) >= 11 is 1.26. The Kier molecular flexibility index (Phi) is 3.59. The molecule has 3 nitrogen and oxygen atoms in total. The van der Waals surface area contributed by atoms with Gasteiger partial charge in [0.05, 0.1) is 11.7 Å². The second kappa shape index (κ2) is 4.50. The maximum Gasteiger partial charge on any atom is 0.105 e. The third-order valence-corrected chi connectivity index (χ3v) is 2.26. The zero-order valence-corrected chi connectivity index (χ0v) is 8.78. The van der Waals surface area contributed by atoms with Crippen LogP contribution in [0.5, 0.6) is 0 Å². The minimum Gasteiger partial charge on any atom is -0.316 e. The Labute approximate surface area is 86.9 Å². The smallest absolute Gasteiger partial charge is 0.105 e. The van der Waals surface area contributed by atoms with E-state index in [0.29, 0.717) is 0 Å². The molecule has 1 heterocycles. The molecule has 1 aromatic heterocycles. The predicted molar refractivity (Wildman–Crippen MR) is 57.4 cm³/mol. The second-order valence-corrected chi connectivity index (χ2v) is 3.15. The van der Waals surface area contributed by atoms with Crippen LogP contribution in [0.1, 0.15) is 5.56 Å². The van der Waals surface area contributed by atoms with Gasteiger partial charge in [0, 0.05) is 6.54 Å². The number of aromatic nitrogens is 2. The van der Waals surface area contributed by atoms with Crippen molar-refractivity contribution in [1.82, 2.24) is 14.1 Å². The maximum absolute atomic E-state index is 4.16. The summed E-state index contributed by atoms with van der Waals surface area (Å²) < 4.78 is 8.29. The molecule has 2 rings (SSSR count). The largest absolute Gasteiger partial charge is 0.316 e. The molecule has 0 fully saturated rings. The number of nitrogens with one attached hydrogen (secondary N) is 1. The summed E-state index contributed by atoms with van der Waals surface area (Å²) in [7, 11) is 1.93. The molecule has 0 atom stereocenters. The number of rotatable bonds is 2. The van der Waals surface area contributed by atoms with Gasteiger partial charge in [-0.3, -0.25) is 0 Å². The van der Waals surface area contributed by atoms with Gasteiger partial charge in [-0.1, -0.05) is 6.07 Å². The van der Waals surface area contributed by atoms with Gasteiger partial charge in [0.15, 0.2) is 0 Å². The number of fused-ring (bicyclic) bond motifs is 1.